The van der Waals surface area contributed by atoms with Gasteiger partial charge in [0.1, 0.15) is 5.82 Å². The van der Waals surface area contributed by atoms with Crippen molar-refractivity contribution in [3.05, 3.63) is 34.1 Å². The molecule has 0 amide bonds. The standard InChI is InChI=1S/C9H11BrFNO/c10-7-1-2-9(11)6(3-7)4-8(12)5-13/h1-3,8,13H,4-5,12H2. The van der Waals surface area contributed by atoms with Gasteiger partial charge in [-0.1, -0.05) is 15.9 Å². The molecule has 0 saturated carbocycles. The summed E-state index contributed by atoms with van der Waals surface area (Å²) in [5.74, 6) is -0.285. The smallest absolute Gasteiger partial charge is 0.126 e. The Bertz CT molecular complexity index is 293. The molecule has 0 aliphatic heterocycles. The molecule has 1 aromatic rings. The maximum atomic E-state index is 13.1. The lowest BCUT2D eigenvalue weighted by Gasteiger charge is -2.08. The van der Waals surface area contributed by atoms with Gasteiger partial charge < -0.3 is 10.8 Å². The van der Waals surface area contributed by atoms with E-state index in [0.29, 0.717) is 12.0 Å². The van der Waals surface area contributed by atoms with Crippen molar-refractivity contribution >= 4 is 15.9 Å². The topological polar surface area (TPSA) is 46.2 Å². The van der Waals surface area contributed by atoms with E-state index in [2.05, 4.69) is 15.9 Å². The predicted octanol–water partition coefficient (Wildman–Crippen LogP) is 1.45. The van der Waals surface area contributed by atoms with Crippen LogP contribution in [0.5, 0.6) is 0 Å². The van der Waals surface area contributed by atoms with Crippen LogP contribution in [0, 0.1) is 5.82 Å². The third kappa shape index (κ3) is 3.06. The molecule has 2 nitrogen and oxygen atoms in total. The second-order valence-corrected chi connectivity index (χ2v) is 3.80. The van der Waals surface area contributed by atoms with Gasteiger partial charge >= 0.3 is 0 Å². The van der Waals surface area contributed by atoms with Crippen molar-refractivity contribution < 1.29 is 9.50 Å². The van der Waals surface area contributed by atoms with Crippen molar-refractivity contribution in [1.82, 2.24) is 0 Å². The van der Waals surface area contributed by atoms with Crippen molar-refractivity contribution in [2.75, 3.05) is 6.61 Å². The van der Waals surface area contributed by atoms with Crippen molar-refractivity contribution in [1.29, 1.82) is 0 Å². The number of rotatable bonds is 3. The molecule has 0 saturated heterocycles. The molecule has 72 valence electrons. The first-order valence-electron chi connectivity index (χ1n) is 3.94. The Hall–Kier alpha value is -0.450. The van der Waals surface area contributed by atoms with E-state index < -0.39 is 6.04 Å². The predicted molar refractivity (Wildman–Crippen MR) is 52.9 cm³/mol. The van der Waals surface area contributed by atoms with Crippen LogP contribution < -0.4 is 5.73 Å². The Morgan fingerprint density at radius 3 is 2.85 bits per heavy atom. The normalized spacial score (nSPS) is 12.9. The second kappa shape index (κ2) is 4.69. The maximum Gasteiger partial charge on any atom is 0.126 e. The number of hydrogen-bond acceptors (Lipinski definition) is 2. The fourth-order valence-electron chi connectivity index (χ4n) is 1.05. The summed E-state index contributed by atoms with van der Waals surface area (Å²) < 4.78 is 13.9. The number of aliphatic hydroxyl groups is 1. The molecule has 0 spiro atoms. The Morgan fingerprint density at radius 1 is 1.54 bits per heavy atom. The molecular weight excluding hydrogens is 237 g/mol. The average Bonchev–Trinajstić information content (AvgIpc) is 2.11. The monoisotopic (exact) mass is 247 g/mol. The van der Waals surface area contributed by atoms with E-state index in [1.54, 1.807) is 12.1 Å². The number of hydrogen-bond donors (Lipinski definition) is 2. The molecule has 1 aromatic carbocycles. The number of aliphatic hydroxyl groups excluding tert-OH is 1. The van der Waals surface area contributed by atoms with E-state index in [9.17, 15) is 4.39 Å². The van der Waals surface area contributed by atoms with Gasteiger partial charge in [-0.05, 0) is 30.2 Å². The zero-order valence-corrected chi connectivity index (χ0v) is 8.59. The van der Waals surface area contributed by atoms with E-state index in [-0.39, 0.29) is 12.4 Å². The number of nitrogens with two attached hydrogens (primary N) is 1. The third-order valence-electron chi connectivity index (χ3n) is 1.72. The maximum absolute atomic E-state index is 13.1. The van der Waals surface area contributed by atoms with Crippen LogP contribution in [-0.2, 0) is 6.42 Å². The first-order valence-corrected chi connectivity index (χ1v) is 4.73. The van der Waals surface area contributed by atoms with Crippen LogP contribution in [0.15, 0.2) is 22.7 Å². The molecule has 0 aliphatic rings. The van der Waals surface area contributed by atoms with Gasteiger partial charge in [-0.25, -0.2) is 4.39 Å². The summed E-state index contributed by atoms with van der Waals surface area (Å²) in [7, 11) is 0. The van der Waals surface area contributed by atoms with Gasteiger partial charge in [-0.2, -0.15) is 0 Å². The van der Waals surface area contributed by atoms with E-state index in [0.717, 1.165) is 4.47 Å². The zero-order chi connectivity index (χ0) is 9.84. The van der Waals surface area contributed by atoms with Crippen LogP contribution in [0.25, 0.3) is 0 Å². The summed E-state index contributed by atoms with van der Waals surface area (Å²) in [5.41, 5.74) is 6.02. The Kier molecular flexibility index (Phi) is 3.84. The van der Waals surface area contributed by atoms with E-state index >= 15 is 0 Å². The van der Waals surface area contributed by atoms with Crippen molar-refractivity contribution in [2.24, 2.45) is 5.73 Å². The highest BCUT2D eigenvalue weighted by Gasteiger charge is 2.07. The fourth-order valence-corrected chi connectivity index (χ4v) is 1.46. The Morgan fingerprint density at radius 2 is 2.23 bits per heavy atom. The lowest BCUT2D eigenvalue weighted by molar-refractivity contribution is 0.264. The van der Waals surface area contributed by atoms with Crippen LogP contribution in [-0.4, -0.2) is 17.8 Å². The fraction of sp³-hybridized carbons (Fsp3) is 0.333. The van der Waals surface area contributed by atoms with E-state index in [1.807, 2.05) is 0 Å². The van der Waals surface area contributed by atoms with Crippen LogP contribution in [0.1, 0.15) is 5.56 Å². The highest BCUT2D eigenvalue weighted by atomic mass is 79.9. The SMILES string of the molecule is NC(CO)Cc1cc(Br)ccc1F. The molecule has 1 rings (SSSR count). The number of halogens is 2. The summed E-state index contributed by atoms with van der Waals surface area (Å²) in [5, 5.41) is 8.70. The highest BCUT2D eigenvalue weighted by Crippen LogP contribution is 2.16. The molecule has 1 unspecified atom stereocenters. The molecule has 0 bridgehead atoms. The Balaban J connectivity index is 2.81. The lowest BCUT2D eigenvalue weighted by Crippen LogP contribution is -2.27. The summed E-state index contributed by atoms with van der Waals surface area (Å²) in [6, 6.07) is 4.28. The largest absolute Gasteiger partial charge is 0.395 e. The summed E-state index contributed by atoms with van der Waals surface area (Å²) in [4.78, 5) is 0. The zero-order valence-electron chi connectivity index (χ0n) is 7.00. The summed E-state index contributed by atoms with van der Waals surface area (Å²) in [6.45, 7) is -0.133. The van der Waals surface area contributed by atoms with E-state index in [1.165, 1.54) is 6.07 Å². The first kappa shape index (κ1) is 10.6. The van der Waals surface area contributed by atoms with Crippen LogP contribution in [0.4, 0.5) is 4.39 Å². The molecule has 13 heavy (non-hydrogen) atoms. The molecule has 0 heterocycles. The van der Waals surface area contributed by atoms with Crippen molar-refractivity contribution in [3.63, 3.8) is 0 Å². The van der Waals surface area contributed by atoms with Gasteiger partial charge in [0, 0.05) is 10.5 Å². The summed E-state index contributed by atoms with van der Waals surface area (Å²) in [6.07, 6.45) is 0.349. The molecule has 0 aliphatic carbocycles. The van der Waals surface area contributed by atoms with Crippen molar-refractivity contribution in [3.8, 4) is 0 Å². The molecule has 3 N–H and O–H groups in total. The minimum atomic E-state index is -0.399. The van der Waals surface area contributed by atoms with Crippen LogP contribution in [0.2, 0.25) is 0 Å². The minimum Gasteiger partial charge on any atom is -0.395 e. The van der Waals surface area contributed by atoms with Gasteiger partial charge in [0.2, 0.25) is 0 Å². The quantitative estimate of drug-likeness (QED) is 0.850. The summed E-state index contributed by atoms with van der Waals surface area (Å²) >= 11 is 3.24. The number of benzene rings is 1. The molecule has 0 radical (unpaired) electrons. The molecule has 1 atom stereocenters. The minimum absolute atomic E-state index is 0.133. The lowest BCUT2D eigenvalue weighted by atomic mass is 10.1. The molecule has 4 heteroatoms. The van der Waals surface area contributed by atoms with Gasteiger partial charge in [0.15, 0.2) is 0 Å². The Labute approximate surface area is 84.7 Å². The van der Waals surface area contributed by atoms with Crippen LogP contribution in [0.3, 0.4) is 0 Å². The van der Waals surface area contributed by atoms with Gasteiger partial charge in [0.25, 0.3) is 0 Å². The first-order chi connectivity index (χ1) is 6.13. The molecular formula is C9H11BrFNO. The highest BCUT2D eigenvalue weighted by molar-refractivity contribution is 9.10. The molecule has 0 fully saturated rings. The van der Waals surface area contributed by atoms with Crippen molar-refractivity contribution in [2.45, 2.75) is 12.5 Å². The average molecular weight is 248 g/mol. The molecule has 0 aromatic heterocycles. The van der Waals surface area contributed by atoms with Gasteiger partial charge in [-0.15, -0.1) is 0 Å². The van der Waals surface area contributed by atoms with Gasteiger partial charge in [0.05, 0.1) is 6.61 Å². The third-order valence-corrected chi connectivity index (χ3v) is 2.22. The van der Waals surface area contributed by atoms with E-state index in [4.69, 9.17) is 10.8 Å². The second-order valence-electron chi connectivity index (χ2n) is 2.88. The van der Waals surface area contributed by atoms with Crippen LogP contribution >= 0.6 is 15.9 Å². The van der Waals surface area contributed by atoms with Gasteiger partial charge in [-0.3, -0.25) is 0 Å².